The van der Waals surface area contributed by atoms with Crippen molar-refractivity contribution < 1.29 is 26.6 Å². The Bertz CT molecular complexity index is 886. The van der Waals surface area contributed by atoms with Gasteiger partial charge in [-0.15, -0.1) is 0 Å². The van der Waals surface area contributed by atoms with Gasteiger partial charge in [0.2, 0.25) is 0 Å². The number of esters is 1. The molecule has 1 aromatic carbocycles. The Morgan fingerprint density at radius 3 is 2.69 bits per heavy atom. The minimum Gasteiger partial charge on any atom is -0.461 e. The number of hydroxylamine groups is 1. The zero-order valence-corrected chi connectivity index (χ0v) is 16.1. The first-order valence-electron chi connectivity index (χ1n) is 7.35. The maximum absolute atomic E-state index is 14.2. The Morgan fingerprint density at radius 2 is 2.12 bits per heavy atom. The summed E-state index contributed by atoms with van der Waals surface area (Å²) in [6.45, 7) is 1.67. The van der Waals surface area contributed by atoms with Crippen LogP contribution < -0.4 is 5.48 Å². The van der Waals surface area contributed by atoms with Gasteiger partial charge >= 0.3 is 5.97 Å². The number of ether oxygens (including phenoxy) is 1. The van der Waals surface area contributed by atoms with E-state index in [0.717, 1.165) is 12.3 Å². The third-order valence-electron chi connectivity index (χ3n) is 3.26. The summed E-state index contributed by atoms with van der Waals surface area (Å²) in [5.74, 6) is -1.45. The number of nitrogens with one attached hydrogen (secondary N) is 1. The Hall–Kier alpha value is -1.68. The molecule has 0 bridgehead atoms. The average Bonchev–Trinajstić information content (AvgIpc) is 2.53. The van der Waals surface area contributed by atoms with Crippen LogP contribution in [0.15, 0.2) is 33.9 Å². The average molecular weight is 425 g/mol. The summed E-state index contributed by atoms with van der Waals surface area (Å²) in [5.41, 5.74) is 2.13. The third-order valence-corrected chi connectivity index (χ3v) is 4.29. The number of aliphatic imine (C=N–C) groups is 1. The molecule has 1 N–H and O–H groups in total. The first kappa shape index (κ1) is 20.6. The highest BCUT2D eigenvalue weighted by Crippen LogP contribution is 2.34. The zero-order chi connectivity index (χ0) is 19.5. The van der Waals surface area contributed by atoms with Gasteiger partial charge in [-0.3, -0.25) is 10.5 Å². The van der Waals surface area contributed by atoms with E-state index in [2.05, 4.69) is 14.8 Å². The van der Waals surface area contributed by atoms with Gasteiger partial charge in [-0.1, -0.05) is 29.3 Å². The van der Waals surface area contributed by atoms with Crippen LogP contribution in [0.25, 0.3) is 0 Å². The zero-order valence-electron chi connectivity index (χ0n) is 13.8. The SMILES string of the molecule is CCOC(=O)C1=NC(c2ccc(Cl)cc2F)CC(NOS(C)(=O)=O)=C1Cl. The van der Waals surface area contributed by atoms with Crippen molar-refractivity contribution in [2.45, 2.75) is 19.4 Å². The molecule has 1 aliphatic rings. The van der Waals surface area contributed by atoms with Crippen molar-refractivity contribution in [3.63, 3.8) is 0 Å². The van der Waals surface area contributed by atoms with E-state index in [4.69, 9.17) is 27.9 Å². The third kappa shape index (κ3) is 5.16. The quantitative estimate of drug-likeness (QED) is 0.557. The number of hydrogen-bond acceptors (Lipinski definition) is 7. The highest BCUT2D eigenvalue weighted by molar-refractivity contribution is 7.85. The van der Waals surface area contributed by atoms with Gasteiger partial charge in [-0.05, 0) is 19.1 Å². The van der Waals surface area contributed by atoms with Crippen LogP contribution >= 0.6 is 23.2 Å². The van der Waals surface area contributed by atoms with E-state index in [1.54, 1.807) is 6.92 Å². The number of hydrogen-bond donors (Lipinski definition) is 1. The lowest BCUT2D eigenvalue weighted by Gasteiger charge is -2.23. The van der Waals surface area contributed by atoms with E-state index < -0.39 is 27.9 Å². The normalized spacial score (nSPS) is 17.7. The molecule has 0 fully saturated rings. The topological polar surface area (TPSA) is 94.1 Å². The number of halogens is 3. The summed E-state index contributed by atoms with van der Waals surface area (Å²) in [6.07, 6.45) is 0.795. The second-order valence-electron chi connectivity index (χ2n) is 5.27. The molecule has 1 heterocycles. The van der Waals surface area contributed by atoms with Gasteiger partial charge in [-0.2, -0.15) is 12.7 Å². The number of nitrogens with zero attached hydrogens (tertiary/aromatic N) is 1. The summed E-state index contributed by atoms with van der Waals surface area (Å²) >= 11 is 11.9. The summed E-state index contributed by atoms with van der Waals surface area (Å²) < 4.78 is 46.0. The van der Waals surface area contributed by atoms with Gasteiger partial charge in [0.15, 0.2) is 5.71 Å². The van der Waals surface area contributed by atoms with Crippen molar-refractivity contribution >= 4 is 45.0 Å². The van der Waals surface area contributed by atoms with Crippen LogP contribution in [0.5, 0.6) is 0 Å². The molecule has 0 saturated heterocycles. The van der Waals surface area contributed by atoms with Gasteiger partial charge in [-0.25, -0.2) is 9.18 Å². The van der Waals surface area contributed by atoms with Crippen molar-refractivity contribution in [1.29, 1.82) is 0 Å². The predicted octanol–water partition coefficient (Wildman–Crippen LogP) is 2.86. The fourth-order valence-corrected chi connectivity index (χ4v) is 2.84. The maximum Gasteiger partial charge on any atom is 0.358 e. The van der Waals surface area contributed by atoms with Crippen molar-refractivity contribution in [3.05, 3.63) is 45.3 Å². The van der Waals surface area contributed by atoms with Gasteiger partial charge in [0.05, 0.1) is 29.6 Å². The molecule has 0 aromatic heterocycles. The van der Waals surface area contributed by atoms with Gasteiger partial charge in [0.1, 0.15) is 5.82 Å². The molecule has 1 atom stereocenters. The Labute approximate surface area is 159 Å². The molecular formula is C15H15Cl2FN2O5S. The summed E-state index contributed by atoms with van der Waals surface area (Å²) in [4.78, 5) is 16.3. The van der Waals surface area contributed by atoms with E-state index in [9.17, 15) is 17.6 Å². The van der Waals surface area contributed by atoms with E-state index in [1.807, 2.05) is 0 Å². The van der Waals surface area contributed by atoms with Gasteiger partial charge in [0, 0.05) is 17.0 Å². The molecule has 142 valence electrons. The number of dihydropyridines is 1. The monoisotopic (exact) mass is 424 g/mol. The number of rotatable bonds is 6. The molecule has 0 amide bonds. The summed E-state index contributed by atoms with van der Waals surface area (Å²) in [5, 5.41) is 0.0294. The molecule has 2 rings (SSSR count). The molecule has 11 heteroatoms. The van der Waals surface area contributed by atoms with Gasteiger partial charge in [0.25, 0.3) is 10.1 Å². The van der Waals surface area contributed by atoms with Crippen LogP contribution in [0.2, 0.25) is 5.02 Å². The van der Waals surface area contributed by atoms with Gasteiger partial charge < -0.3 is 4.74 Å². The van der Waals surface area contributed by atoms with Crippen LogP contribution in [0.3, 0.4) is 0 Å². The fraction of sp³-hybridized carbons (Fsp3) is 0.333. The molecular weight excluding hydrogens is 410 g/mol. The lowest BCUT2D eigenvalue weighted by molar-refractivity contribution is -0.135. The number of carbonyl (C=O) groups excluding carboxylic acids is 1. The van der Waals surface area contributed by atoms with Crippen LogP contribution in [0.1, 0.15) is 24.9 Å². The van der Waals surface area contributed by atoms with E-state index in [1.165, 1.54) is 12.1 Å². The van der Waals surface area contributed by atoms with Crippen LogP contribution in [-0.4, -0.2) is 33.0 Å². The largest absolute Gasteiger partial charge is 0.461 e. The van der Waals surface area contributed by atoms with E-state index in [-0.39, 0.29) is 40.1 Å². The lowest BCUT2D eigenvalue weighted by Crippen LogP contribution is -2.29. The highest BCUT2D eigenvalue weighted by atomic mass is 35.5. The molecule has 26 heavy (non-hydrogen) atoms. The maximum atomic E-state index is 14.2. The second kappa shape index (κ2) is 8.34. The standard InChI is InChI=1S/C15H15Cl2FN2O5S/c1-3-24-15(21)14-13(17)12(20-25-26(2,22)23)7-11(19-14)9-5-4-8(16)6-10(9)18/h4-6,11,20H,3,7H2,1-2H3. The molecule has 1 aliphatic heterocycles. The summed E-state index contributed by atoms with van der Waals surface area (Å²) in [6, 6.07) is 3.14. The molecule has 0 aliphatic carbocycles. The Morgan fingerprint density at radius 1 is 1.42 bits per heavy atom. The molecule has 7 nitrogen and oxygen atoms in total. The second-order valence-corrected chi connectivity index (χ2v) is 7.66. The molecule has 0 radical (unpaired) electrons. The molecule has 0 saturated carbocycles. The van der Waals surface area contributed by atoms with Crippen LogP contribution in [0.4, 0.5) is 4.39 Å². The smallest absolute Gasteiger partial charge is 0.358 e. The van der Waals surface area contributed by atoms with Crippen molar-refractivity contribution in [2.75, 3.05) is 12.9 Å². The lowest BCUT2D eigenvalue weighted by atomic mass is 9.98. The van der Waals surface area contributed by atoms with E-state index in [0.29, 0.717) is 0 Å². The van der Waals surface area contributed by atoms with Crippen molar-refractivity contribution in [2.24, 2.45) is 4.99 Å². The molecule has 0 spiro atoms. The molecule has 1 aromatic rings. The Balaban J connectivity index is 2.43. The first-order chi connectivity index (χ1) is 12.1. The predicted molar refractivity (Wildman–Crippen MR) is 94.8 cm³/mol. The van der Waals surface area contributed by atoms with Crippen LogP contribution in [0, 0.1) is 5.82 Å². The van der Waals surface area contributed by atoms with Crippen LogP contribution in [-0.2, 0) is 23.9 Å². The summed E-state index contributed by atoms with van der Waals surface area (Å²) in [7, 11) is -3.84. The fourth-order valence-electron chi connectivity index (χ4n) is 2.19. The first-order valence-corrected chi connectivity index (χ1v) is 9.93. The highest BCUT2D eigenvalue weighted by Gasteiger charge is 2.30. The Kier molecular flexibility index (Phi) is 6.62. The minimum absolute atomic E-state index is 0.0319. The number of carbonyl (C=O) groups is 1. The van der Waals surface area contributed by atoms with Crippen molar-refractivity contribution in [1.82, 2.24) is 5.48 Å². The number of benzene rings is 1. The van der Waals surface area contributed by atoms with E-state index >= 15 is 0 Å². The van der Waals surface area contributed by atoms with Crippen molar-refractivity contribution in [3.8, 4) is 0 Å². The minimum atomic E-state index is -3.84. The molecule has 1 unspecified atom stereocenters.